The molecule has 4 aliphatic heterocycles. The number of esters is 1. The first kappa shape index (κ1) is 35.1. The van der Waals surface area contributed by atoms with Crippen LogP contribution < -0.4 is 15.1 Å². The Hall–Kier alpha value is -3.22. The summed E-state index contributed by atoms with van der Waals surface area (Å²) >= 11 is 3.58. The van der Waals surface area contributed by atoms with Gasteiger partial charge in [0.25, 0.3) is 5.91 Å². The Bertz CT molecular complexity index is 1410. The van der Waals surface area contributed by atoms with E-state index < -0.39 is 53.6 Å². The molecule has 0 saturated carbocycles. The molecular formula is C35H47BrN4O7. The van der Waals surface area contributed by atoms with Crippen LogP contribution in [0.1, 0.15) is 53.9 Å². The van der Waals surface area contributed by atoms with Crippen LogP contribution in [0.5, 0.6) is 0 Å². The number of nitrogens with one attached hydrogen (secondary N) is 1. The summed E-state index contributed by atoms with van der Waals surface area (Å²) in [5.41, 5.74) is 0.190. The summed E-state index contributed by atoms with van der Waals surface area (Å²) < 4.78 is 13.0. The number of anilines is 2. The van der Waals surface area contributed by atoms with Crippen molar-refractivity contribution in [2.45, 2.75) is 83.8 Å². The summed E-state index contributed by atoms with van der Waals surface area (Å²) in [6.45, 7) is 11.5. The van der Waals surface area contributed by atoms with Crippen molar-refractivity contribution in [2.75, 3.05) is 42.6 Å². The van der Waals surface area contributed by atoms with Gasteiger partial charge in [-0.05, 0) is 69.9 Å². The number of hydrogen-bond donors (Lipinski definition) is 2. The molecule has 1 aromatic carbocycles. The lowest BCUT2D eigenvalue weighted by molar-refractivity contribution is -0.159. The van der Waals surface area contributed by atoms with E-state index in [-0.39, 0.29) is 43.8 Å². The summed E-state index contributed by atoms with van der Waals surface area (Å²) in [7, 11) is 0. The molecule has 3 amide bonds. The van der Waals surface area contributed by atoms with Crippen molar-refractivity contribution in [3.05, 3.63) is 47.0 Å². The fourth-order valence-corrected chi connectivity index (χ4v) is 8.23. The molecule has 0 aromatic heterocycles. The number of fused-ring (bicyclic) bond motifs is 2. The van der Waals surface area contributed by atoms with E-state index in [0.717, 1.165) is 18.8 Å². The van der Waals surface area contributed by atoms with Gasteiger partial charge in [0.1, 0.15) is 29.8 Å². The second-order valence-corrected chi connectivity index (χ2v) is 14.2. The lowest BCUT2D eigenvalue weighted by Crippen LogP contribution is -2.59. The first-order valence-electron chi connectivity index (χ1n) is 16.7. The number of carbonyl (C=O) groups excluding carboxylic acids is 4. The Labute approximate surface area is 285 Å². The Balaban J connectivity index is 1.64. The normalized spacial score (nSPS) is 31.1. The second-order valence-electron chi connectivity index (χ2n) is 13.2. The van der Waals surface area contributed by atoms with E-state index in [2.05, 4.69) is 40.0 Å². The Morgan fingerprint density at radius 1 is 1.09 bits per heavy atom. The van der Waals surface area contributed by atoms with E-state index in [9.17, 15) is 19.5 Å². The molecule has 4 aliphatic rings. The van der Waals surface area contributed by atoms with Gasteiger partial charge in [0.05, 0.1) is 25.1 Å². The fourth-order valence-electron chi connectivity index (χ4n) is 7.50. The third kappa shape index (κ3) is 6.61. The number of aliphatic hydroxyl groups is 1. The predicted molar refractivity (Wildman–Crippen MR) is 182 cm³/mol. The van der Waals surface area contributed by atoms with Crippen LogP contribution in [0.2, 0.25) is 0 Å². The van der Waals surface area contributed by atoms with Crippen LogP contribution >= 0.6 is 15.9 Å². The summed E-state index contributed by atoms with van der Waals surface area (Å²) in [4.78, 5) is 61.3. The number of likely N-dealkylation sites (tertiary alicyclic amines) is 1. The number of hydrogen-bond acceptors (Lipinski definition) is 8. The summed E-state index contributed by atoms with van der Waals surface area (Å²) in [6, 6.07) is 5.90. The number of nitrogens with zero attached hydrogens (tertiary/aromatic N) is 3. The minimum absolute atomic E-state index is 0.113. The lowest BCUT2D eigenvalue weighted by Gasteiger charge is -2.39. The molecule has 0 unspecified atom stereocenters. The molecule has 1 aromatic rings. The van der Waals surface area contributed by atoms with Crippen molar-refractivity contribution in [2.24, 2.45) is 17.8 Å². The molecule has 47 heavy (non-hydrogen) atoms. The number of amides is 3. The van der Waals surface area contributed by atoms with Gasteiger partial charge in [-0.1, -0.05) is 41.9 Å². The van der Waals surface area contributed by atoms with Gasteiger partial charge >= 0.3 is 5.97 Å². The molecule has 0 aliphatic carbocycles. The van der Waals surface area contributed by atoms with Crippen molar-refractivity contribution >= 4 is 51.0 Å². The van der Waals surface area contributed by atoms with E-state index in [1.165, 1.54) is 4.90 Å². The van der Waals surface area contributed by atoms with Crippen LogP contribution in [0, 0.1) is 17.8 Å². The van der Waals surface area contributed by atoms with Gasteiger partial charge in [-0.2, -0.15) is 0 Å². The number of rotatable bonds is 8. The molecular weight excluding hydrogens is 668 g/mol. The number of carbonyl (C=O) groups is 4. The molecule has 4 heterocycles. The number of benzene rings is 1. The second kappa shape index (κ2) is 14.5. The van der Waals surface area contributed by atoms with Crippen LogP contribution in [-0.4, -0.2) is 96.4 Å². The van der Waals surface area contributed by atoms with Crippen LogP contribution in [0.3, 0.4) is 0 Å². The van der Waals surface area contributed by atoms with E-state index in [1.54, 1.807) is 17.9 Å². The Kier molecular flexibility index (Phi) is 10.8. The molecule has 0 radical (unpaired) electrons. The Morgan fingerprint density at radius 3 is 2.43 bits per heavy atom. The number of aliphatic hydroxyl groups excluding tert-OH is 1. The molecule has 256 valence electrons. The maximum Gasteiger partial charge on any atom is 0.313 e. The van der Waals surface area contributed by atoms with E-state index in [4.69, 9.17) is 9.47 Å². The van der Waals surface area contributed by atoms with Gasteiger partial charge in [0.2, 0.25) is 11.8 Å². The fraction of sp³-hybridized carbons (Fsp3) is 0.600. The van der Waals surface area contributed by atoms with Gasteiger partial charge in [-0.15, -0.1) is 0 Å². The molecule has 2 N–H and O–H groups in total. The van der Waals surface area contributed by atoms with Crippen LogP contribution in [-0.2, 0) is 28.7 Å². The number of cyclic esters (lactones) is 1. The zero-order valence-electron chi connectivity index (χ0n) is 27.9. The quantitative estimate of drug-likeness (QED) is 0.309. The molecule has 2 fully saturated rings. The van der Waals surface area contributed by atoms with Gasteiger partial charge < -0.3 is 34.6 Å². The third-order valence-electron chi connectivity index (χ3n) is 9.67. The topological polar surface area (TPSA) is 129 Å². The zero-order valence-corrected chi connectivity index (χ0v) is 29.4. The zero-order chi connectivity index (χ0) is 34.0. The first-order valence-corrected chi connectivity index (χ1v) is 17.5. The number of allylic oxidation sites excluding steroid dienone is 1. The smallest absolute Gasteiger partial charge is 0.313 e. The average molecular weight is 716 g/mol. The number of halogens is 1. The van der Waals surface area contributed by atoms with Gasteiger partial charge in [0.15, 0.2) is 0 Å². The molecule has 2 saturated heterocycles. The number of ether oxygens (including phenoxy) is 2. The molecule has 11 nitrogen and oxygen atoms in total. The average Bonchev–Trinajstić information content (AvgIpc) is 3.64. The van der Waals surface area contributed by atoms with Crippen LogP contribution in [0.25, 0.3) is 0 Å². The van der Waals surface area contributed by atoms with E-state index >= 15 is 4.79 Å². The van der Waals surface area contributed by atoms with Crippen LogP contribution in [0.15, 0.2) is 47.0 Å². The van der Waals surface area contributed by atoms with E-state index in [1.807, 2.05) is 50.3 Å². The highest BCUT2D eigenvalue weighted by Gasteiger charge is 2.75. The molecule has 7 atom stereocenters. The standard InChI is InChI=1S/C35H47BrN4O7/c1-6-38(7-2)23-12-14-24(15-13-23)39-16-10-8-9-11-27(42)37-19-22(5)46-34(45)28-29-32(43)40(25(20-41)17-21(3)4)31(33(39)44)35(29)18-26(36)30(28)47-35/h8,10,12-15,18,21-22,25,28-31,41H,6-7,9,11,16-17,19-20H2,1-5H3,(H,37,42)/b10-8-/t22-,25-,28+,29-,30+,31+,35-/m1/s1. The predicted octanol–water partition coefficient (Wildman–Crippen LogP) is 3.54. The van der Waals surface area contributed by atoms with Gasteiger partial charge in [-0.25, -0.2) is 0 Å². The molecule has 1 spiro atoms. The van der Waals surface area contributed by atoms with Gasteiger partial charge in [-0.3, -0.25) is 19.2 Å². The SMILES string of the molecule is CCN(CC)c1ccc(N2C/C=C\CCC(=O)NC[C@@H](C)OC(=O)[C@@H]3[C@H]4O[C@@]5(C=C4Br)[C@H](C2=O)N([C@@H](CO)CC(C)C)C(=O)[C@@H]35)cc1. The molecule has 5 rings (SSSR count). The summed E-state index contributed by atoms with van der Waals surface area (Å²) in [5, 5.41) is 13.5. The van der Waals surface area contributed by atoms with Crippen molar-refractivity contribution in [3.63, 3.8) is 0 Å². The molecule has 12 heteroatoms. The third-order valence-corrected chi connectivity index (χ3v) is 10.4. The summed E-state index contributed by atoms with van der Waals surface area (Å²) in [6.07, 6.45) is 5.17. The maximum atomic E-state index is 15.1. The minimum atomic E-state index is -1.46. The molecule has 5 bridgehead atoms. The highest BCUT2D eigenvalue weighted by molar-refractivity contribution is 9.11. The largest absolute Gasteiger partial charge is 0.460 e. The van der Waals surface area contributed by atoms with Crippen molar-refractivity contribution in [3.8, 4) is 0 Å². The first-order chi connectivity index (χ1) is 22.5. The maximum absolute atomic E-state index is 15.1. The van der Waals surface area contributed by atoms with Crippen LogP contribution in [0.4, 0.5) is 11.4 Å². The lowest BCUT2D eigenvalue weighted by atomic mass is 9.74. The van der Waals surface area contributed by atoms with Gasteiger partial charge in [0, 0.05) is 41.9 Å². The van der Waals surface area contributed by atoms with E-state index in [0.29, 0.717) is 23.0 Å². The van der Waals surface area contributed by atoms with Crippen molar-refractivity contribution < 1.29 is 33.8 Å². The summed E-state index contributed by atoms with van der Waals surface area (Å²) in [5.74, 6) is -3.55. The highest BCUT2D eigenvalue weighted by atomic mass is 79.9. The minimum Gasteiger partial charge on any atom is -0.460 e. The monoisotopic (exact) mass is 714 g/mol. The Morgan fingerprint density at radius 2 is 1.79 bits per heavy atom. The van der Waals surface area contributed by atoms with Crippen molar-refractivity contribution in [1.29, 1.82) is 0 Å². The van der Waals surface area contributed by atoms with Crippen molar-refractivity contribution in [1.82, 2.24) is 10.2 Å². The highest BCUT2D eigenvalue weighted by Crippen LogP contribution is 2.59.